The standard InChI is InChI=1S/C15H23N3O2/c1-4-18-9-5-6-12(18)10-16-14-8-7-13(11(2)17-14)15(19)20-3/h7-8,12H,4-6,9-10H2,1-3H3,(H,16,17). The third-order valence-corrected chi connectivity index (χ3v) is 3.92. The fraction of sp³-hybridized carbons (Fsp3) is 0.600. The van der Waals surface area contributed by atoms with Crippen LogP contribution in [0.5, 0.6) is 0 Å². The zero-order chi connectivity index (χ0) is 14.5. The Morgan fingerprint density at radius 3 is 3.00 bits per heavy atom. The molecule has 0 radical (unpaired) electrons. The Hall–Kier alpha value is -1.62. The van der Waals surface area contributed by atoms with Gasteiger partial charge in [-0.2, -0.15) is 0 Å². The molecule has 5 heteroatoms. The minimum Gasteiger partial charge on any atom is -0.465 e. The van der Waals surface area contributed by atoms with Crippen molar-refractivity contribution in [1.82, 2.24) is 9.88 Å². The molecule has 5 nitrogen and oxygen atoms in total. The number of pyridine rings is 1. The van der Waals surface area contributed by atoms with Gasteiger partial charge in [-0.1, -0.05) is 6.92 Å². The third-order valence-electron chi connectivity index (χ3n) is 3.92. The smallest absolute Gasteiger partial charge is 0.339 e. The number of carbonyl (C=O) groups excluding carboxylic acids is 1. The Labute approximate surface area is 120 Å². The van der Waals surface area contributed by atoms with Crippen molar-refractivity contribution in [2.45, 2.75) is 32.7 Å². The summed E-state index contributed by atoms with van der Waals surface area (Å²) in [6.45, 7) is 7.21. The van der Waals surface area contributed by atoms with Crippen LogP contribution in [-0.4, -0.2) is 48.6 Å². The minimum absolute atomic E-state index is 0.338. The number of hydrogen-bond acceptors (Lipinski definition) is 5. The molecule has 0 spiro atoms. The lowest BCUT2D eigenvalue weighted by molar-refractivity contribution is 0.0599. The number of methoxy groups -OCH3 is 1. The van der Waals surface area contributed by atoms with Gasteiger partial charge in [0.15, 0.2) is 0 Å². The van der Waals surface area contributed by atoms with Crippen molar-refractivity contribution < 1.29 is 9.53 Å². The zero-order valence-electron chi connectivity index (χ0n) is 12.5. The number of anilines is 1. The van der Waals surface area contributed by atoms with Gasteiger partial charge in [-0.3, -0.25) is 4.90 Å². The molecule has 2 rings (SSSR count). The summed E-state index contributed by atoms with van der Waals surface area (Å²) in [6.07, 6.45) is 2.51. The highest BCUT2D eigenvalue weighted by Gasteiger charge is 2.22. The van der Waals surface area contributed by atoms with Crippen LogP contribution in [0.4, 0.5) is 5.82 Å². The van der Waals surface area contributed by atoms with E-state index in [4.69, 9.17) is 4.74 Å². The van der Waals surface area contributed by atoms with Crippen molar-refractivity contribution in [1.29, 1.82) is 0 Å². The number of aromatic nitrogens is 1. The molecule has 110 valence electrons. The van der Waals surface area contributed by atoms with Crippen molar-refractivity contribution in [3.8, 4) is 0 Å². The summed E-state index contributed by atoms with van der Waals surface area (Å²) in [5.74, 6) is 0.479. The first-order chi connectivity index (χ1) is 9.65. The number of nitrogens with one attached hydrogen (secondary N) is 1. The van der Waals surface area contributed by atoms with Gasteiger partial charge in [0.2, 0.25) is 0 Å². The summed E-state index contributed by atoms with van der Waals surface area (Å²) < 4.78 is 4.72. The molecule has 0 amide bonds. The highest BCUT2D eigenvalue weighted by molar-refractivity contribution is 5.90. The molecular weight excluding hydrogens is 254 g/mol. The predicted molar refractivity (Wildman–Crippen MR) is 79.1 cm³/mol. The van der Waals surface area contributed by atoms with Crippen molar-refractivity contribution in [2.75, 3.05) is 32.1 Å². The van der Waals surface area contributed by atoms with Crippen molar-refractivity contribution in [2.24, 2.45) is 0 Å². The molecule has 1 saturated heterocycles. The summed E-state index contributed by atoms with van der Waals surface area (Å²) >= 11 is 0. The second-order valence-corrected chi connectivity index (χ2v) is 5.13. The highest BCUT2D eigenvalue weighted by atomic mass is 16.5. The second-order valence-electron chi connectivity index (χ2n) is 5.13. The number of nitrogens with zero attached hydrogens (tertiary/aromatic N) is 2. The van der Waals surface area contributed by atoms with Gasteiger partial charge in [0.25, 0.3) is 0 Å². The van der Waals surface area contributed by atoms with Crippen LogP contribution < -0.4 is 5.32 Å². The fourth-order valence-electron chi connectivity index (χ4n) is 2.75. The Morgan fingerprint density at radius 2 is 2.35 bits per heavy atom. The first-order valence-corrected chi connectivity index (χ1v) is 7.19. The molecule has 1 fully saturated rings. The Kier molecular flexibility index (Phi) is 4.95. The van der Waals surface area contributed by atoms with E-state index in [0.717, 1.165) is 18.9 Å². The van der Waals surface area contributed by atoms with Crippen LogP contribution in [0.3, 0.4) is 0 Å². The monoisotopic (exact) mass is 277 g/mol. The normalized spacial score (nSPS) is 19.1. The van der Waals surface area contributed by atoms with Gasteiger partial charge in [0.05, 0.1) is 18.4 Å². The van der Waals surface area contributed by atoms with E-state index in [0.29, 0.717) is 17.3 Å². The highest BCUT2D eigenvalue weighted by Crippen LogP contribution is 2.18. The third kappa shape index (κ3) is 3.28. The Balaban J connectivity index is 1.97. The lowest BCUT2D eigenvalue weighted by atomic mass is 10.2. The maximum absolute atomic E-state index is 11.5. The van der Waals surface area contributed by atoms with E-state index in [2.05, 4.69) is 22.1 Å². The Bertz CT molecular complexity index is 476. The second kappa shape index (κ2) is 6.70. The molecule has 1 aromatic heterocycles. The molecule has 1 aliphatic rings. The number of likely N-dealkylation sites (tertiary alicyclic amines) is 1. The molecule has 0 saturated carbocycles. The topological polar surface area (TPSA) is 54.5 Å². The van der Waals surface area contributed by atoms with Crippen LogP contribution >= 0.6 is 0 Å². The molecule has 1 aromatic rings. The van der Waals surface area contributed by atoms with Crippen molar-refractivity contribution >= 4 is 11.8 Å². The summed E-state index contributed by atoms with van der Waals surface area (Å²) in [6, 6.07) is 4.19. The van der Waals surface area contributed by atoms with Gasteiger partial charge in [-0.05, 0) is 45.0 Å². The molecule has 0 aliphatic carbocycles. The fourth-order valence-corrected chi connectivity index (χ4v) is 2.75. The molecule has 2 heterocycles. The van der Waals surface area contributed by atoms with Gasteiger partial charge >= 0.3 is 5.97 Å². The van der Waals surface area contributed by atoms with Gasteiger partial charge in [-0.15, -0.1) is 0 Å². The van der Waals surface area contributed by atoms with E-state index in [1.165, 1.54) is 26.5 Å². The SMILES string of the molecule is CCN1CCCC1CNc1ccc(C(=O)OC)c(C)n1. The number of likely N-dealkylation sites (N-methyl/N-ethyl adjacent to an activating group) is 1. The van der Waals surface area contributed by atoms with Crippen LogP contribution in [0.15, 0.2) is 12.1 Å². The summed E-state index contributed by atoms with van der Waals surface area (Å²) in [5, 5.41) is 3.37. The van der Waals surface area contributed by atoms with E-state index >= 15 is 0 Å². The van der Waals surface area contributed by atoms with Gasteiger partial charge in [0, 0.05) is 12.6 Å². The molecule has 20 heavy (non-hydrogen) atoms. The van der Waals surface area contributed by atoms with E-state index in [1.807, 2.05) is 13.0 Å². The van der Waals surface area contributed by atoms with Crippen LogP contribution in [0, 0.1) is 6.92 Å². The first kappa shape index (κ1) is 14.8. The van der Waals surface area contributed by atoms with Crippen molar-refractivity contribution in [3.63, 3.8) is 0 Å². The molecule has 0 bridgehead atoms. The quantitative estimate of drug-likeness (QED) is 0.835. The van der Waals surface area contributed by atoms with Crippen LogP contribution in [0.25, 0.3) is 0 Å². The first-order valence-electron chi connectivity index (χ1n) is 7.19. The lowest BCUT2D eigenvalue weighted by Crippen LogP contribution is -2.34. The Morgan fingerprint density at radius 1 is 1.55 bits per heavy atom. The van der Waals surface area contributed by atoms with Gasteiger partial charge in [-0.25, -0.2) is 9.78 Å². The van der Waals surface area contributed by atoms with Gasteiger partial charge in [0.1, 0.15) is 5.82 Å². The summed E-state index contributed by atoms with van der Waals surface area (Å²) in [7, 11) is 1.38. The average molecular weight is 277 g/mol. The molecule has 0 aromatic carbocycles. The average Bonchev–Trinajstić information content (AvgIpc) is 2.92. The lowest BCUT2D eigenvalue weighted by Gasteiger charge is -2.23. The van der Waals surface area contributed by atoms with E-state index in [-0.39, 0.29) is 5.97 Å². The molecular formula is C15H23N3O2. The van der Waals surface area contributed by atoms with Crippen molar-refractivity contribution in [3.05, 3.63) is 23.4 Å². The van der Waals surface area contributed by atoms with Crippen LogP contribution in [0.1, 0.15) is 35.8 Å². The predicted octanol–water partition coefficient (Wildman–Crippen LogP) is 2.07. The van der Waals surface area contributed by atoms with Gasteiger partial charge < -0.3 is 10.1 Å². The molecule has 1 aliphatic heterocycles. The number of carbonyl (C=O) groups is 1. The van der Waals surface area contributed by atoms with E-state index < -0.39 is 0 Å². The number of aryl methyl sites for hydroxylation is 1. The molecule has 1 atom stereocenters. The maximum Gasteiger partial charge on any atom is 0.339 e. The molecule has 1 N–H and O–H groups in total. The minimum atomic E-state index is -0.338. The number of ether oxygens (including phenoxy) is 1. The largest absolute Gasteiger partial charge is 0.465 e. The van der Waals surface area contributed by atoms with Crippen LogP contribution in [0.2, 0.25) is 0 Å². The number of hydrogen-bond donors (Lipinski definition) is 1. The summed E-state index contributed by atoms with van der Waals surface area (Å²) in [5.41, 5.74) is 1.22. The van der Waals surface area contributed by atoms with E-state index in [1.54, 1.807) is 6.07 Å². The summed E-state index contributed by atoms with van der Waals surface area (Å²) in [4.78, 5) is 18.4. The van der Waals surface area contributed by atoms with E-state index in [9.17, 15) is 4.79 Å². The van der Waals surface area contributed by atoms with Crippen LogP contribution in [-0.2, 0) is 4.74 Å². The maximum atomic E-state index is 11.5. The number of rotatable bonds is 5. The number of esters is 1. The molecule has 1 unspecified atom stereocenters. The zero-order valence-corrected chi connectivity index (χ0v) is 12.5.